The molecule has 5 heteroatoms. The normalized spacial score (nSPS) is 13.8. The molecule has 0 aromatic heterocycles. The molecule has 0 unspecified atom stereocenters. The Balaban J connectivity index is 0.00000176. The van der Waals surface area contributed by atoms with E-state index in [0.717, 1.165) is 25.2 Å². The standard InChI is InChI=1S/C17H16N2O2.ClH/c20-19(21)17-9-3-5-14(11-17)6-4-10-18-12-15-7-1-2-8-16(15)13-18;/h1-9,11H,10,12-13H2;1H/b6-4+;. The molecule has 2 aromatic carbocycles. The maximum absolute atomic E-state index is 10.7. The second-order valence-corrected chi connectivity index (χ2v) is 5.19. The first-order valence-corrected chi connectivity index (χ1v) is 6.92. The van der Waals surface area contributed by atoms with Gasteiger partial charge in [0.05, 0.1) is 4.92 Å². The van der Waals surface area contributed by atoms with E-state index < -0.39 is 0 Å². The zero-order valence-electron chi connectivity index (χ0n) is 12.0. The summed E-state index contributed by atoms with van der Waals surface area (Å²) in [6, 6.07) is 15.2. The van der Waals surface area contributed by atoms with Gasteiger partial charge in [0.1, 0.15) is 0 Å². The third-order valence-electron chi connectivity index (χ3n) is 3.66. The smallest absolute Gasteiger partial charge is 0.270 e. The summed E-state index contributed by atoms with van der Waals surface area (Å²) in [7, 11) is 0. The summed E-state index contributed by atoms with van der Waals surface area (Å²) < 4.78 is 0. The van der Waals surface area contributed by atoms with Gasteiger partial charge in [0.15, 0.2) is 0 Å². The summed E-state index contributed by atoms with van der Waals surface area (Å²) in [6.45, 7) is 2.78. The largest absolute Gasteiger partial charge is 0.291 e. The lowest BCUT2D eigenvalue weighted by atomic mass is 10.1. The molecule has 0 bridgehead atoms. The van der Waals surface area contributed by atoms with Crippen LogP contribution in [0.2, 0.25) is 0 Å². The molecule has 4 nitrogen and oxygen atoms in total. The second-order valence-electron chi connectivity index (χ2n) is 5.19. The number of benzene rings is 2. The number of hydrogen-bond acceptors (Lipinski definition) is 3. The Bertz CT molecular complexity index is 676. The molecular weight excluding hydrogens is 300 g/mol. The first-order chi connectivity index (χ1) is 10.2. The van der Waals surface area contributed by atoms with Gasteiger partial charge in [0.2, 0.25) is 0 Å². The van der Waals surface area contributed by atoms with Crippen LogP contribution in [0.3, 0.4) is 0 Å². The quantitative estimate of drug-likeness (QED) is 0.631. The molecule has 0 spiro atoms. The Morgan fingerprint density at radius 2 is 1.77 bits per heavy atom. The van der Waals surface area contributed by atoms with E-state index >= 15 is 0 Å². The third kappa shape index (κ3) is 3.72. The van der Waals surface area contributed by atoms with E-state index in [-0.39, 0.29) is 23.0 Å². The second kappa shape index (κ2) is 7.20. The summed E-state index contributed by atoms with van der Waals surface area (Å²) in [5.41, 5.74) is 3.77. The van der Waals surface area contributed by atoms with Gasteiger partial charge in [-0.3, -0.25) is 15.0 Å². The lowest BCUT2D eigenvalue weighted by Crippen LogP contribution is -2.15. The number of non-ortho nitro benzene ring substituents is 1. The number of halogens is 1. The highest BCUT2D eigenvalue weighted by Gasteiger charge is 2.16. The number of nitro groups is 1. The molecule has 2 aromatic rings. The van der Waals surface area contributed by atoms with Crippen LogP contribution in [0.1, 0.15) is 16.7 Å². The molecule has 0 saturated heterocycles. The van der Waals surface area contributed by atoms with Crippen molar-refractivity contribution in [3.8, 4) is 0 Å². The molecule has 114 valence electrons. The van der Waals surface area contributed by atoms with Crippen LogP contribution in [0, 0.1) is 10.1 Å². The van der Waals surface area contributed by atoms with E-state index in [1.54, 1.807) is 12.1 Å². The van der Waals surface area contributed by atoms with Crippen molar-refractivity contribution in [1.29, 1.82) is 0 Å². The van der Waals surface area contributed by atoms with Crippen LogP contribution < -0.4 is 0 Å². The Morgan fingerprint density at radius 3 is 2.41 bits per heavy atom. The van der Waals surface area contributed by atoms with Crippen molar-refractivity contribution >= 4 is 24.2 Å². The number of nitro benzene ring substituents is 1. The van der Waals surface area contributed by atoms with Gasteiger partial charge < -0.3 is 0 Å². The van der Waals surface area contributed by atoms with Gasteiger partial charge in [0, 0.05) is 31.8 Å². The summed E-state index contributed by atoms with van der Waals surface area (Å²) in [5, 5.41) is 10.7. The zero-order chi connectivity index (χ0) is 14.7. The van der Waals surface area contributed by atoms with Crippen LogP contribution in [0.25, 0.3) is 6.08 Å². The van der Waals surface area contributed by atoms with Crippen molar-refractivity contribution in [3.05, 3.63) is 81.4 Å². The predicted molar refractivity (Wildman–Crippen MR) is 89.9 cm³/mol. The third-order valence-corrected chi connectivity index (χ3v) is 3.66. The highest BCUT2D eigenvalue weighted by Crippen LogP contribution is 2.22. The van der Waals surface area contributed by atoms with Crippen LogP contribution in [-0.2, 0) is 13.1 Å². The minimum atomic E-state index is -0.367. The van der Waals surface area contributed by atoms with Crippen molar-refractivity contribution in [1.82, 2.24) is 4.90 Å². The van der Waals surface area contributed by atoms with Crippen molar-refractivity contribution < 1.29 is 4.92 Å². The highest BCUT2D eigenvalue weighted by molar-refractivity contribution is 5.85. The van der Waals surface area contributed by atoms with Crippen molar-refractivity contribution in [2.75, 3.05) is 6.54 Å². The average molecular weight is 317 g/mol. The van der Waals surface area contributed by atoms with Crippen LogP contribution >= 0.6 is 12.4 Å². The van der Waals surface area contributed by atoms with E-state index in [2.05, 4.69) is 35.2 Å². The Labute approximate surface area is 135 Å². The zero-order valence-corrected chi connectivity index (χ0v) is 12.8. The predicted octanol–water partition coefficient (Wildman–Crippen LogP) is 4.05. The van der Waals surface area contributed by atoms with E-state index in [1.807, 2.05) is 12.1 Å². The van der Waals surface area contributed by atoms with E-state index in [9.17, 15) is 10.1 Å². The van der Waals surface area contributed by atoms with Crippen molar-refractivity contribution in [3.63, 3.8) is 0 Å². The molecule has 0 atom stereocenters. The SMILES string of the molecule is Cl.O=[N+]([O-])c1cccc(/C=C/CN2Cc3ccccc3C2)c1. The minimum absolute atomic E-state index is 0. The van der Waals surface area contributed by atoms with Crippen LogP contribution in [0.4, 0.5) is 5.69 Å². The van der Waals surface area contributed by atoms with Crippen molar-refractivity contribution in [2.45, 2.75) is 13.1 Å². The molecule has 0 saturated carbocycles. The minimum Gasteiger partial charge on any atom is -0.291 e. The Hall–Kier alpha value is -2.17. The monoisotopic (exact) mass is 316 g/mol. The molecule has 0 amide bonds. The molecule has 3 rings (SSSR count). The van der Waals surface area contributed by atoms with E-state index in [4.69, 9.17) is 0 Å². The molecule has 1 aliphatic rings. The average Bonchev–Trinajstić information content (AvgIpc) is 2.90. The van der Waals surface area contributed by atoms with Gasteiger partial charge in [-0.15, -0.1) is 12.4 Å². The van der Waals surface area contributed by atoms with Gasteiger partial charge >= 0.3 is 0 Å². The molecule has 0 N–H and O–H groups in total. The maximum Gasteiger partial charge on any atom is 0.270 e. The Morgan fingerprint density at radius 1 is 1.09 bits per heavy atom. The van der Waals surface area contributed by atoms with Crippen LogP contribution in [0.15, 0.2) is 54.6 Å². The number of rotatable bonds is 4. The maximum atomic E-state index is 10.7. The fourth-order valence-corrected chi connectivity index (χ4v) is 2.61. The summed E-state index contributed by atoms with van der Waals surface area (Å²) >= 11 is 0. The Kier molecular flexibility index (Phi) is 5.31. The van der Waals surface area contributed by atoms with Gasteiger partial charge in [-0.1, -0.05) is 48.6 Å². The lowest BCUT2D eigenvalue weighted by molar-refractivity contribution is -0.384. The first-order valence-electron chi connectivity index (χ1n) is 6.92. The summed E-state index contributed by atoms with van der Waals surface area (Å²) in [5.74, 6) is 0. The van der Waals surface area contributed by atoms with Crippen molar-refractivity contribution in [2.24, 2.45) is 0 Å². The molecular formula is C17H17ClN2O2. The number of nitrogens with zero attached hydrogens (tertiary/aromatic N) is 2. The highest BCUT2D eigenvalue weighted by atomic mass is 35.5. The van der Waals surface area contributed by atoms with E-state index in [1.165, 1.54) is 17.2 Å². The van der Waals surface area contributed by atoms with Crippen LogP contribution in [0.5, 0.6) is 0 Å². The fourth-order valence-electron chi connectivity index (χ4n) is 2.61. The van der Waals surface area contributed by atoms with E-state index in [0.29, 0.717) is 0 Å². The molecule has 0 fully saturated rings. The van der Waals surface area contributed by atoms with Gasteiger partial charge in [-0.25, -0.2) is 0 Å². The molecule has 0 aliphatic carbocycles. The number of fused-ring (bicyclic) bond motifs is 1. The molecule has 1 heterocycles. The molecule has 1 aliphatic heterocycles. The number of hydrogen-bond donors (Lipinski definition) is 0. The first kappa shape index (κ1) is 16.2. The van der Waals surface area contributed by atoms with Crippen LogP contribution in [-0.4, -0.2) is 16.4 Å². The topological polar surface area (TPSA) is 46.4 Å². The summed E-state index contributed by atoms with van der Waals surface area (Å²) in [6.07, 6.45) is 4.00. The van der Waals surface area contributed by atoms with Gasteiger partial charge in [-0.2, -0.15) is 0 Å². The van der Waals surface area contributed by atoms with Gasteiger partial charge in [0.25, 0.3) is 5.69 Å². The fraction of sp³-hybridized carbons (Fsp3) is 0.176. The summed E-state index contributed by atoms with van der Waals surface area (Å²) in [4.78, 5) is 12.7. The molecule has 0 radical (unpaired) electrons. The lowest BCUT2D eigenvalue weighted by Gasteiger charge is -2.11. The van der Waals surface area contributed by atoms with Gasteiger partial charge in [-0.05, 0) is 16.7 Å². The molecule has 22 heavy (non-hydrogen) atoms.